The summed E-state index contributed by atoms with van der Waals surface area (Å²) in [6.07, 6.45) is 14.3. The van der Waals surface area contributed by atoms with Crippen molar-refractivity contribution in [1.29, 1.82) is 0 Å². The van der Waals surface area contributed by atoms with Gasteiger partial charge in [-0.15, -0.1) is 0 Å². The molecule has 2 aliphatic carbocycles. The maximum atomic E-state index is 5.69. The number of rotatable bonds is 4. The van der Waals surface area contributed by atoms with Crippen LogP contribution in [0, 0.1) is 23.7 Å². The maximum Gasteiger partial charge on any atom is 0.241 e. The minimum absolute atomic E-state index is 0.443. The number of amidine groups is 2. The lowest BCUT2D eigenvalue weighted by Gasteiger charge is -2.26. The van der Waals surface area contributed by atoms with Crippen molar-refractivity contribution in [3.63, 3.8) is 0 Å². The fourth-order valence-corrected chi connectivity index (χ4v) is 3.60. The zero-order valence-corrected chi connectivity index (χ0v) is 12.4. The van der Waals surface area contributed by atoms with Crippen LogP contribution in [-0.2, 0) is 0 Å². The van der Waals surface area contributed by atoms with Crippen molar-refractivity contribution in [1.82, 2.24) is 0 Å². The second kappa shape index (κ2) is 6.91. The molecule has 0 aromatic carbocycles. The molecule has 0 saturated heterocycles. The smallest absolute Gasteiger partial charge is 0.241 e. The monoisotopic (exact) mass is 278 g/mol. The minimum Gasteiger partial charge on any atom is -0.291 e. The molecule has 20 heavy (non-hydrogen) atoms. The van der Waals surface area contributed by atoms with Gasteiger partial charge in [0.2, 0.25) is 11.7 Å². The molecule has 2 fully saturated rings. The number of hydrogen-bond donors (Lipinski definition) is 4. The van der Waals surface area contributed by atoms with Crippen molar-refractivity contribution in [2.24, 2.45) is 35.1 Å². The molecule has 0 aromatic heterocycles. The molecule has 0 radical (unpaired) electrons. The van der Waals surface area contributed by atoms with Crippen molar-refractivity contribution >= 4 is 11.7 Å². The van der Waals surface area contributed by atoms with E-state index in [0.29, 0.717) is 23.5 Å². The van der Waals surface area contributed by atoms with Gasteiger partial charge in [0.25, 0.3) is 0 Å². The first-order chi connectivity index (χ1) is 9.56. The van der Waals surface area contributed by atoms with Gasteiger partial charge in [0.1, 0.15) is 0 Å². The highest BCUT2D eigenvalue weighted by molar-refractivity contribution is 5.77. The third-order valence-corrected chi connectivity index (χ3v) is 5.14. The highest BCUT2D eigenvalue weighted by atomic mass is 14.7. The van der Waals surface area contributed by atoms with E-state index in [1.165, 1.54) is 25.7 Å². The van der Waals surface area contributed by atoms with Gasteiger partial charge in [-0.05, 0) is 63.2 Å². The van der Waals surface area contributed by atoms with E-state index in [9.17, 15) is 0 Å². The SMILES string of the molecule is NC(=[NH2+])C1CCC(C=CC2CCC(C(N)=[NH2+])CC2)CC1. The molecule has 0 atom stereocenters. The van der Waals surface area contributed by atoms with Gasteiger partial charge < -0.3 is 0 Å². The van der Waals surface area contributed by atoms with Crippen LogP contribution in [0.4, 0.5) is 0 Å². The maximum absolute atomic E-state index is 5.69. The summed E-state index contributed by atoms with van der Waals surface area (Å²) in [4.78, 5) is 0. The van der Waals surface area contributed by atoms with E-state index in [0.717, 1.165) is 37.5 Å². The Balaban J connectivity index is 1.72. The Morgan fingerprint density at radius 3 is 1.20 bits per heavy atom. The van der Waals surface area contributed by atoms with Gasteiger partial charge in [-0.1, -0.05) is 12.2 Å². The van der Waals surface area contributed by atoms with Crippen molar-refractivity contribution < 1.29 is 10.8 Å². The first-order valence-electron chi connectivity index (χ1n) is 8.00. The number of nitrogens with two attached hydrogens (primary N) is 4. The normalized spacial score (nSPS) is 35.0. The second-order valence-corrected chi connectivity index (χ2v) is 6.61. The Labute approximate surface area is 122 Å². The molecule has 2 saturated carbocycles. The highest BCUT2D eigenvalue weighted by Gasteiger charge is 2.26. The van der Waals surface area contributed by atoms with E-state index in [4.69, 9.17) is 22.3 Å². The van der Waals surface area contributed by atoms with Crippen LogP contribution < -0.4 is 22.3 Å². The molecule has 8 N–H and O–H groups in total. The molecule has 0 aliphatic heterocycles. The zero-order chi connectivity index (χ0) is 14.5. The van der Waals surface area contributed by atoms with Crippen molar-refractivity contribution in [3.05, 3.63) is 12.2 Å². The summed E-state index contributed by atoms with van der Waals surface area (Å²) in [5.74, 6) is 3.57. The van der Waals surface area contributed by atoms with Crippen LogP contribution in [0.2, 0.25) is 0 Å². The second-order valence-electron chi connectivity index (χ2n) is 6.61. The Bertz CT molecular complexity index is 336. The summed E-state index contributed by atoms with van der Waals surface area (Å²) < 4.78 is 0. The fourth-order valence-electron chi connectivity index (χ4n) is 3.60. The van der Waals surface area contributed by atoms with E-state index in [2.05, 4.69) is 12.2 Å². The highest BCUT2D eigenvalue weighted by Crippen LogP contribution is 2.32. The molecule has 112 valence electrons. The van der Waals surface area contributed by atoms with Gasteiger partial charge in [0.15, 0.2) is 0 Å². The summed E-state index contributed by atoms with van der Waals surface area (Å²) in [5, 5.41) is 11.4. The average Bonchev–Trinajstić information content (AvgIpc) is 2.46. The zero-order valence-electron chi connectivity index (χ0n) is 12.4. The largest absolute Gasteiger partial charge is 0.291 e. The van der Waals surface area contributed by atoms with Gasteiger partial charge in [0, 0.05) is 0 Å². The molecule has 0 heterocycles. The van der Waals surface area contributed by atoms with Crippen LogP contribution in [0.3, 0.4) is 0 Å². The molecule has 0 bridgehead atoms. The molecule has 4 nitrogen and oxygen atoms in total. The molecular formula is C16H30N4+2. The lowest BCUT2D eigenvalue weighted by molar-refractivity contribution is -0.123. The van der Waals surface area contributed by atoms with Gasteiger partial charge in [-0.2, -0.15) is 0 Å². The van der Waals surface area contributed by atoms with Crippen molar-refractivity contribution in [3.8, 4) is 0 Å². The predicted octanol–water partition coefficient (Wildman–Crippen LogP) is -0.612. The third-order valence-electron chi connectivity index (χ3n) is 5.14. The molecule has 2 rings (SSSR count). The van der Waals surface area contributed by atoms with Crippen molar-refractivity contribution in [2.75, 3.05) is 0 Å². The summed E-state index contributed by atoms with van der Waals surface area (Å²) in [7, 11) is 0. The number of allylic oxidation sites excluding steroid dienone is 2. The Hall–Kier alpha value is -1.32. The van der Waals surface area contributed by atoms with Gasteiger partial charge in [-0.25, -0.2) is 0 Å². The van der Waals surface area contributed by atoms with Crippen LogP contribution >= 0.6 is 0 Å². The molecule has 0 aromatic rings. The molecule has 0 unspecified atom stereocenters. The van der Waals surface area contributed by atoms with Crippen LogP contribution in [0.1, 0.15) is 51.4 Å². The van der Waals surface area contributed by atoms with E-state index in [-0.39, 0.29) is 0 Å². The van der Waals surface area contributed by atoms with E-state index < -0.39 is 0 Å². The predicted molar refractivity (Wildman–Crippen MR) is 82.3 cm³/mol. The third kappa shape index (κ3) is 4.09. The van der Waals surface area contributed by atoms with E-state index in [1.807, 2.05) is 0 Å². The van der Waals surface area contributed by atoms with Crippen LogP contribution in [0.5, 0.6) is 0 Å². The van der Waals surface area contributed by atoms with Crippen LogP contribution in [-0.4, -0.2) is 11.7 Å². The first-order valence-corrected chi connectivity index (χ1v) is 8.00. The molecule has 2 aliphatic rings. The summed E-state index contributed by atoms with van der Waals surface area (Å²) >= 11 is 0. The fraction of sp³-hybridized carbons (Fsp3) is 0.750. The average molecular weight is 278 g/mol. The lowest BCUT2D eigenvalue weighted by Crippen LogP contribution is -2.51. The van der Waals surface area contributed by atoms with E-state index in [1.54, 1.807) is 0 Å². The van der Waals surface area contributed by atoms with Gasteiger partial charge in [0.05, 0.1) is 11.8 Å². The minimum atomic E-state index is 0.443. The van der Waals surface area contributed by atoms with Gasteiger partial charge >= 0.3 is 0 Å². The van der Waals surface area contributed by atoms with Crippen LogP contribution in [0.15, 0.2) is 12.2 Å². The Kier molecular flexibility index (Phi) is 5.21. The standard InChI is InChI=1S/C16H28N4/c17-15(18)13-7-3-11(4-8-13)1-2-12-5-9-14(10-6-12)16(19)20/h1-2,11-14H,3-10H2,(H3,17,18)(H3,19,20)/p+2. The van der Waals surface area contributed by atoms with Gasteiger partial charge in [-0.3, -0.25) is 22.3 Å². The lowest BCUT2D eigenvalue weighted by atomic mass is 9.78. The first kappa shape index (κ1) is 15.1. The summed E-state index contributed by atoms with van der Waals surface area (Å²) in [6, 6.07) is 0. The number of hydrogen-bond acceptors (Lipinski definition) is 0. The summed E-state index contributed by atoms with van der Waals surface area (Å²) in [5.41, 5.74) is 11.4. The van der Waals surface area contributed by atoms with Crippen LogP contribution in [0.25, 0.3) is 0 Å². The quantitative estimate of drug-likeness (QED) is 0.313. The van der Waals surface area contributed by atoms with E-state index >= 15 is 0 Å². The topological polar surface area (TPSA) is 103 Å². The molecular weight excluding hydrogens is 248 g/mol. The molecule has 4 heteroatoms. The Morgan fingerprint density at radius 1 is 0.650 bits per heavy atom. The molecule has 0 spiro atoms. The van der Waals surface area contributed by atoms with Crippen molar-refractivity contribution in [2.45, 2.75) is 51.4 Å². The molecule has 0 amide bonds. The summed E-state index contributed by atoms with van der Waals surface area (Å²) in [6.45, 7) is 0. The Morgan fingerprint density at radius 2 is 0.950 bits per heavy atom.